The molecule has 0 spiro atoms. The largest absolute Gasteiger partial charge is 0.480 e. The van der Waals surface area contributed by atoms with Gasteiger partial charge in [-0.3, -0.25) is 4.99 Å². The van der Waals surface area contributed by atoms with Crippen LogP contribution in [0.25, 0.3) is 0 Å². The van der Waals surface area contributed by atoms with Crippen molar-refractivity contribution >= 4 is 23.4 Å². The number of allylic oxidation sites excluding steroid dienone is 4. The monoisotopic (exact) mass is 239 g/mol. The van der Waals surface area contributed by atoms with Gasteiger partial charge in [0, 0.05) is 11.6 Å². The lowest BCUT2D eigenvalue weighted by Gasteiger charge is -2.10. The van der Waals surface area contributed by atoms with Crippen molar-refractivity contribution in [3.05, 3.63) is 24.3 Å². The predicted octanol–water partition coefficient (Wildman–Crippen LogP) is 2.40. The molecular weight excluding hydrogens is 222 g/mol. The first-order valence-corrected chi connectivity index (χ1v) is 6.65. The molecule has 3 nitrogen and oxygen atoms in total. The van der Waals surface area contributed by atoms with Gasteiger partial charge in [-0.1, -0.05) is 24.3 Å². The van der Waals surface area contributed by atoms with Crippen LogP contribution in [0.4, 0.5) is 0 Å². The minimum absolute atomic E-state index is 0.177. The highest BCUT2D eigenvalue weighted by Crippen LogP contribution is 2.13. The van der Waals surface area contributed by atoms with Gasteiger partial charge < -0.3 is 5.11 Å². The molecule has 1 N–H and O–H groups in total. The number of aliphatic carboxylic acids is 1. The molecule has 0 aliphatic heterocycles. The number of carbonyl (C=O) groups is 1. The maximum atomic E-state index is 11.0. The van der Waals surface area contributed by atoms with Crippen LogP contribution in [0.15, 0.2) is 29.3 Å². The van der Waals surface area contributed by atoms with Crippen LogP contribution in [-0.4, -0.2) is 34.8 Å². The van der Waals surface area contributed by atoms with Crippen LogP contribution >= 0.6 is 11.8 Å². The van der Waals surface area contributed by atoms with Crippen molar-refractivity contribution in [1.29, 1.82) is 0 Å². The Balaban J connectivity index is 2.64. The van der Waals surface area contributed by atoms with Crippen molar-refractivity contribution in [2.45, 2.75) is 19.4 Å². The van der Waals surface area contributed by atoms with Gasteiger partial charge in [-0.15, -0.1) is 0 Å². The van der Waals surface area contributed by atoms with Crippen LogP contribution in [0, 0.1) is 5.92 Å². The first kappa shape index (κ1) is 13.0. The van der Waals surface area contributed by atoms with Gasteiger partial charge >= 0.3 is 5.97 Å². The van der Waals surface area contributed by atoms with Crippen molar-refractivity contribution < 1.29 is 9.90 Å². The Kier molecular flexibility index (Phi) is 5.32. The van der Waals surface area contributed by atoms with Crippen LogP contribution in [0.2, 0.25) is 0 Å². The van der Waals surface area contributed by atoms with Gasteiger partial charge in [0.1, 0.15) is 6.04 Å². The maximum absolute atomic E-state index is 11.0. The Hall–Kier alpha value is -1.03. The summed E-state index contributed by atoms with van der Waals surface area (Å²) in [6.45, 7) is 1.89. The zero-order chi connectivity index (χ0) is 12.0. The summed E-state index contributed by atoms with van der Waals surface area (Å²) < 4.78 is 0. The lowest BCUT2D eigenvalue weighted by molar-refractivity contribution is -0.138. The summed E-state index contributed by atoms with van der Waals surface area (Å²) >= 11 is 1.65. The predicted molar refractivity (Wildman–Crippen MR) is 69.3 cm³/mol. The molecule has 1 rings (SSSR count). The van der Waals surface area contributed by atoms with Crippen LogP contribution in [0.3, 0.4) is 0 Å². The minimum atomic E-state index is -0.834. The average molecular weight is 239 g/mol. The van der Waals surface area contributed by atoms with E-state index in [0.29, 0.717) is 6.42 Å². The first-order valence-electron chi connectivity index (χ1n) is 5.26. The summed E-state index contributed by atoms with van der Waals surface area (Å²) in [6, 6.07) is -0.602. The Morgan fingerprint density at radius 2 is 2.12 bits per heavy atom. The maximum Gasteiger partial charge on any atom is 0.328 e. The number of thioether (sulfide) groups is 1. The van der Waals surface area contributed by atoms with Crippen molar-refractivity contribution in [3.63, 3.8) is 0 Å². The van der Waals surface area contributed by atoms with Gasteiger partial charge in [-0.05, 0) is 25.4 Å². The van der Waals surface area contributed by atoms with Gasteiger partial charge in [-0.2, -0.15) is 11.8 Å². The van der Waals surface area contributed by atoms with Gasteiger partial charge in [0.25, 0.3) is 0 Å². The highest BCUT2D eigenvalue weighted by atomic mass is 32.2. The second-order valence-electron chi connectivity index (χ2n) is 3.70. The Labute approximate surface area is 100 Å². The number of carboxylic acids is 1. The molecule has 0 aromatic heterocycles. The second-order valence-corrected chi connectivity index (χ2v) is 4.69. The van der Waals surface area contributed by atoms with E-state index >= 15 is 0 Å². The van der Waals surface area contributed by atoms with Crippen molar-refractivity contribution in [3.8, 4) is 0 Å². The molecule has 0 fully saturated rings. The normalized spacial score (nSPS) is 18.0. The van der Waals surface area contributed by atoms with E-state index in [2.05, 4.69) is 4.99 Å². The quantitative estimate of drug-likeness (QED) is 0.724. The zero-order valence-corrected chi connectivity index (χ0v) is 10.4. The van der Waals surface area contributed by atoms with Crippen molar-refractivity contribution in [2.24, 2.45) is 10.9 Å². The van der Waals surface area contributed by atoms with Crippen LogP contribution < -0.4 is 0 Å². The smallest absolute Gasteiger partial charge is 0.328 e. The Bertz CT molecular complexity index is 322. The second kappa shape index (κ2) is 6.53. The van der Waals surface area contributed by atoms with E-state index in [0.717, 1.165) is 11.5 Å². The molecule has 88 valence electrons. The zero-order valence-electron chi connectivity index (χ0n) is 9.59. The minimum Gasteiger partial charge on any atom is -0.480 e. The fourth-order valence-corrected chi connectivity index (χ4v) is 1.97. The highest BCUT2D eigenvalue weighted by molar-refractivity contribution is 7.98. The molecule has 0 aromatic rings. The molecule has 0 saturated carbocycles. The standard InChI is InChI=1S/C12H17NO2S/c1-9(10-5-3-4-6-10)13-11(12(14)15)7-8-16-2/h3-6,10-11H,7-8H2,1-2H3,(H,14,15)/t11-/m0/s1. The lowest BCUT2D eigenvalue weighted by atomic mass is 10.1. The molecular formula is C12H17NO2S. The lowest BCUT2D eigenvalue weighted by Crippen LogP contribution is -2.21. The highest BCUT2D eigenvalue weighted by Gasteiger charge is 2.17. The SMILES string of the molecule is CSCC[C@H](N=C(C)C1C=CC=C1)C(=O)O. The van der Waals surface area contributed by atoms with Crippen molar-refractivity contribution in [1.82, 2.24) is 0 Å². The van der Waals surface area contributed by atoms with Crippen LogP contribution in [0.5, 0.6) is 0 Å². The summed E-state index contributed by atoms with van der Waals surface area (Å²) in [6.07, 6.45) is 10.5. The molecule has 0 bridgehead atoms. The number of rotatable bonds is 6. The molecule has 0 heterocycles. The third kappa shape index (κ3) is 3.85. The number of aliphatic imine (C=N–C) groups is 1. The third-order valence-corrected chi connectivity index (χ3v) is 3.11. The summed E-state index contributed by atoms with van der Waals surface area (Å²) in [7, 11) is 0. The van der Waals surface area contributed by atoms with Gasteiger partial charge in [0.05, 0.1) is 0 Å². The van der Waals surface area contributed by atoms with E-state index in [1.165, 1.54) is 0 Å². The summed E-state index contributed by atoms with van der Waals surface area (Å²) in [4.78, 5) is 15.3. The molecule has 0 saturated heterocycles. The number of hydrogen-bond acceptors (Lipinski definition) is 3. The first-order chi connectivity index (χ1) is 7.65. The molecule has 16 heavy (non-hydrogen) atoms. The average Bonchev–Trinajstić information content (AvgIpc) is 2.76. The van der Waals surface area contributed by atoms with E-state index in [4.69, 9.17) is 5.11 Å². The van der Waals surface area contributed by atoms with E-state index in [-0.39, 0.29) is 5.92 Å². The fourth-order valence-electron chi connectivity index (χ4n) is 1.51. The van der Waals surface area contributed by atoms with E-state index < -0.39 is 12.0 Å². The molecule has 4 heteroatoms. The Morgan fingerprint density at radius 1 is 1.50 bits per heavy atom. The van der Waals surface area contributed by atoms with E-state index in [1.54, 1.807) is 11.8 Å². The topological polar surface area (TPSA) is 49.7 Å². The molecule has 0 aromatic carbocycles. The number of carboxylic acid groups (broad SMARTS) is 1. The molecule has 1 atom stereocenters. The van der Waals surface area contributed by atoms with E-state index in [9.17, 15) is 4.79 Å². The van der Waals surface area contributed by atoms with Crippen LogP contribution in [0.1, 0.15) is 13.3 Å². The van der Waals surface area contributed by atoms with Gasteiger partial charge in [-0.25, -0.2) is 4.79 Å². The Morgan fingerprint density at radius 3 is 2.62 bits per heavy atom. The molecule has 1 aliphatic carbocycles. The summed E-state index contributed by atoms with van der Waals surface area (Å²) in [5.74, 6) is 0.167. The van der Waals surface area contributed by atoms with Crippen molar-refractivity contribution in [2.75, 3.05) is 12.0 Å². The van der Waals surface area contributed by atoms with Crippen LogP contribution in [-0.2, 0) is 4.79 Å². The molecule has 0 amide bonds. The number of hydrogen-bond donors (Lipinski definition) is 1. The summed E-state index contributed by atoms with van der Waals surface area (Å²) in [5.41, 5.74) is 0.874. The molecule has 1 aliphatic rings. The van der Waals surface area contributed by atoms with Gasteiger partial charge in [0.2, 0.25) is 0 Å². The number of nitrogens with zero attached hydrogens (tertiary/aromatic N) is 1. The summed E-state index contributed by atoms with van der Waals surface area (Å²) in [5, 5.41) is 9.04. The third-order valence-electron chi connectivity index (χ3n) is 2.47. The molecule has 0 unspecified atom stereocenters. The fraction of sp³-hybridized carbons (Fsp3) is 0.500. The van der Waals surface area contributed by atoms with Gasteiger partial charge in [0.15, 0.2) is 0 Å². The van der Waals surface area contributed by atoms with E-state index in [1.807, 2.05) is 37.5 Å². The molecule has 0 radical (unpaired) electrons.